The maximum Gasteiger partial charge on any atom is 0.289 e. The highest BCUT2D eigenvalue weighted by Crippen LogP contribution is 2.86. The van der Waals surface area contributed by atoms with Crippen molar-refractivity contribution in [1.82, 2.24) is 20.9 Å². The van der Waals surface area contributed by atoms with E-state index in [1.165, 1.54) is 17.7 Å². The number of hydrogen-bond acceptors (Lipinski definition) is 7. The molecule has 7 rings (SSSR count). The van der Waals surface area contributed by atoms with Crippen LogP contribution in [0.4, 0.5) is 0 Å². The van der Waals surface area contributed by atoms with Gasteiger partial charge < -0.3 is 25.7 Å². The molecule has 1 spiro atoms. The molecule has 0 bridgehead atoms. The van der Waals surface area contributed by atoms with Crippen molar-refractivity contribution in [2.45, 2.75) is 136 Å². The van der Waals surface area contributed by atoms with Crippen molar-refractivity contribution >= 4 is 46.7 Å². The van der Waals surface area contributed by atoms with Crippen LogP contribution in [0.5, 0.6) is 0 Å². The zero-order valence-corrected chi connectivity index (χ0v) is 32.1. The first-order valence-electron chi connectivity index (χ1n) is 19.3. The van der Waals surface area contributed by atoms with Gasteiger partial charge in [0, 0.05) is 35.9 Å². The molecular weight excluding hydrogens is 682 g/mol. The number of nitrogens with one attached hydrogen (secondary N) is 3. The quantitative estimate of drug-likeness (QED) is 0.260. The van der Waals surface area contributed by atoms with E-state index in [1.54, 1.807) is 12.1 Å². The fourth-order valence-electron chi connectivity index (χ4n) is 10.6. The summed E-state index contributed by atoms with van der Waals surface area (Å²) in [5.41, 5.74) is 0.381. The summed E-state index contributed by atoms with van der Waals surface area (Å²) < 4.78 is 0. The summed E-state index contributed by atoms with van der Waals surface area (Å²) in [4.78, 5) is 76.4. The lowest BCUT2D eigenvalue weighted by Crippen LogP contribution is -2.59. The number of carbonyl (C=O) groups excluding carboxylic acids is 5. The summed E-state index contributed by atoms with van der Waals surface area (Å²) in [7, 11) is 0. The number of hydrogen-bond donors (Lipinski definition) is 3. The van der Waals surface area contributed by atoms with Crippen molar-refractivity contribution in [3.05, 3.63) is 34.9 Å². The van der Waals surface area contributed by atoms with E-state index in [0.29, 0.717) is 58.6 Å². The van der Waals surface area contributed by atoms with Gasteiger partial charge in [-0.05, 0) is 84.7 Å². The van der Waals surface area contributed by atoms with Crippen LogP contribution in [0.2, 0.25) is 5.02 Å². The molecule has 2 heterocycles. The first kappa shape index (κ1) is 36.9. The Hall–Kier alpha value is -3.47. The van der Waals surface area contributed by atoms with Crippen LogP contribution in [0.3, 0.4) is 0 Å². The van der Waals surface area contributed by atoms with Gasteiger partial charge >= 0.3 is 0 Å². The first-order chi connectivity index (χ1) is 24.5. The van der Waals surface area contributed by atoms with Gasteiger partial charge in [0.2, 0.25) is 23.5 Å². The summed E-state index contributed by atoms with van der Waals surface area (Å²) >= 11 is 6.28. The summed E-state index contributed by atoms with van der Waals surface area (Å²) in [5, 5.41) is 13.6. The van der Waals surface area contributed by atoms with E-state index in [9.17, 15) is 24.0 Å². The third-order valence-corrected chi connectivity index (χ3v) is 13.8. The minimum atomic E-state index is -1.04. The zero-order chi connectivity index (χ0) is 37.4. The zero-order valence-electron chi connectivity index (χ0n) is 31.4. The van der Waals surface area contributed by atoms with E-state index in [4.69, 9.17) is 16.4 Å². The lowest BCUT2D eigenvalue weighted by molar-refractivity contribution is -0.145. The highest BCUT2D eigenvalue weighted by Gasteiger charge is 2.81. The Kier molecular flexibility index (Phi) is 9.31. The monoisotopic (exact) mass is 735 g/mol. The number of Topliss-reactive ketones (excluding diaryl/α,β-unsaturated/α-hetero) is 1. The van der Waals surface area contributed by atoms with Crippen LogP contribution >= 0.6 is 11.6 Å². The van der Waals surface area contributed by atoms with Gasteiger partial charge in [-0.1, -0.05) is 76.9 Å². The minimum absolute atomic E-state index is 0.00401. The second kappa shape index (κ2) is 13.1. The van der Waals surface area contributed by atoms with Gasteiger partial charge in [-0.15, -0.1) is 0 Å². The van der Waals surface area contributed by atoms with Gasteiger partial charge in [0.1, 0.15) is 12.1 Å². The minimum Gasteiger partial charge on any atom is -0.387 e. The van der Waals surface area contributed by atoms with E-state index < -0.39 is 52.6 Å². The molecule has 4 aliphatic carbocycles. The van der Waals surface area contributed by atoms with Gasteiger partial charge in [0.05, 0.1) is 18.3 Å². The van der Waals surface area contributed by atoms with E-state index in [1.807, 2.05) is 39.8 Å². The molecule has 4 amide bonds. The number of fused-ring (bicyclic) bond motifs is 1. The molecule has 1 aromatic carbocycles. The van der Waals surface area contributed by atoms with Gasteiger partial charge in [-0.2, -0.15) is 0 Å². The Labute approximate surface area is 311 Å². The average molecular weight is 736 g/mol. The molecule has 0 aromatic heterocycles. The molecule has 9 atom stereocenters. The lowest BCUT2D eigenvalue weighted by atomic mass is 9.84. The van der Waals surface area contributed by atoms with Crippen molar-refractivity contribution in [3.63, 3.8) is 0 Å². The molecule has 1 saturated heterocycles. The first-order valence-corrected chi connectivity index (χ1v) is 19.6. The maximum atomic E-state index is 14.8. The molecule has 6 aliphatic rings. The van der Waals surface area contributed by atoms with Crippen LogP contribution in [-0.4, -0.2) is 76.3 Å². The molecule has 3 unspecified atom stereocenters. The Balaban J connectivity index is 1.11. The van der Waals surface area contributed by atoms with Crippen molar-refractivity contribution in [2.75, 3.05) is 6.54 Å². The van der Waals surface area contributed by atoms with Gasteiger partial charge in [0.15, 0.2) is 5.60 Å². The molecule has 52 heavy (non-hydrogen) atoms. The van der Waals surface area contributed by atoms with Crippen molar-refractivity contribution < 1.29 is 28.8 Å². The predicted molar refractivity (Wildman–Crippen MR) is 196 cm³/mol. The Morgan fingerprint density at radius 1 is 1.10 bits per heavy atom. The van der Waals surface area contributed by atoms with E-state index in [0.717, 1.165) is 24.8 Å². The maximum absolute atomic E-state index is 14.8. The standard InChI is InChI=1S/C40H54ClN5O6/c1-7-9-27(31(48)35(50)42-26-12-13-26)43-34(49)29-20-40(19-28(45-52-40)22-10-8-11-25(41)17-22)21-46(29)36(51)33(37(2,3)4)44-30(47)18-23-16-24-14-15-38(5)32(23)39(24,38)6/h8,10-11,17,23-24,26-27,29,32-33H,7,9,12-16,18-21H2,1-6H3,(H,42,50)(H,43,49)(H,44,47)/t23?,24-,27+,29+,32?,33-,38+,39?,40-/m1/s1. The number of carbonyl (C=O) groups is 5. The molecule has 5 fully saturated rings. The normalized spacial score (nSPS) is 33.9. The molecule has 2 aliphatic heterocycles. The summed E-state index contributed by atoms with van der Waals surface area (Å²) in [6.45, 7) is 12.4. The van der Waals surface area contributed by atoms with Crippen LogP contribution in [0.25, 0.3) is 0 Å². The van der Waals surface area contributed by atoms with Gasteiger partial charge in [-0.25, -0.2) is 0 Å². The highest BCUT2D eigenvalue weighted by molar-refractivity contribution is 6.38. The van der Waals surface area contributed by atoms with E-state index in [-0.39, 0.29) is 31.3 Å². The predicted octanol–water partition coefficient (Wildman–Crippen LogP) is 4.93. The number of oxime groups is 1. The molecule has 12 heteroatoms. The SMILES string of the molecule is CCC[C@H](NC(=O)[C@@H]1C[C@]2(CC(c3cccc(Cl)c3)=NO2)CN1C(=O)[C@@H](NC(=O)CC1C[C@H]2CC[C@@]3(C)C1C23C)C(C)(C)C)C(=O)C(=O)NC1CC1. The number of benzene rings is 1. The molecule has 11 nitrogen and oxygen atoms in total. The molecule has 1 aromatic rings. The van der Waals surface area contributed by atoms with E-state index in [2.05, 4.69) is 35.0 Å². The second-order valence-electron chi connectivity index (χ2n) is 18.1. The fraction of sp³-hybridized carbons (Fsp3) is 0.700. The van der Waals surface area contributed by atoms with Gasteiger partial charge in [-0.3, -0.25) is 24.0 Å². The van der Waals surface area contributed by atoms with Crippen LogP contribution in [0.1, 0.15) is 111 Å². The van der Waals surface area contributed by atoms with Crippen LogP contribution in [0.15, 0.2) is 29.4 Å². The van der Waals surface area contributed by atoms with Crippen LogP contribution < -0.4 is 16.0 Å². The number of halogens is 1. The van der Waals surface area contributed by atoms with E-state index >= 15 is 0 Å². The average Bonchev–Trinajstić information content (AvgIpc) is 3.76. The van der Waals surface area contributed by atoms with Crippen LogP contribution in [-0.2, 0) is 28.8 Å². The highest BCUT2D eigenvalue weighted by atomic mass is 35.5. The summed E-state index contributed by atoms with van der Waals surface area (Å²) in [6.07, 6.45) is 6.82. The largest absolute Gasteiger partial charge is 0.387 e. The molecule has 282 valence electrons. The number of amides is 4. The second-order valence-corrected chi connectivity index (χ2v) is 18.6. The van der Waals surface area contributed by atoms with Crippen molar-refractivity contribution in [3.8, 4) is 0 Å². The smallest absolute Gasteiger partial charge is 0.289 e. The number of rotatable bonds is 12. The Morgan fingerprint density at radius 3 is 2.48 bits per heavy atom. The molecule has 3 N–H and O–H groups in total. The summed E-state index contributed by atoms with van der Waals surface area (Å²) in [6, 6.07) is 4.29. The molecule has 0 radical (unpaired) electrons. The third kappa shape index (κ3) is 6.42. The van der Waals surface area contributed by atoms with Gasteiger partial charge in [0.25, 0.3) is 5.91 Å². The molecular formula is C40H54ClN5O6. The molecule has 4 saturated carbocycles. The topological polar surface area (TPSA) is 146 Å². The van der Waals surface area contributed by atoms with Crippen LogP contribution in [0, 0.1) is 34.0 Å². The van der Waals surface area contributed by atoms with Crippen molar-refractivity contribution in [2.24, 2.45) is 39.2 Å². The Bertz CT molecular complexity index is 1700. The summed E-state index contributed by atoms with van der Waals surface area (Å²) in [5.74, 6) is -0.987. The fourth-order valence-corrected chi connectivity index (χ4v) is 10.8. The number of likely N-dealkylation sites (tertiary alicyclic amines) is 1. The van der Waals surface area contributed by atoms with Crippen molar-refractivity contribution in [1.29, 1.82) is 0 Å². The lowest BCUT2D eigenvalue weighted by Gasteiger charge is -2.36. The Morgan fingerprint density at radius 2 is 1.85 bits per heavy atom. The third-order valence-electron chi connectivity index (χ3n) is 13.6. The number of ketones is 1. The number of nitrogens with zero attached hydrogens (tertiary/aromatic N) is 2.